The molecule has 0 aromatic carbocycles. The lowest BCUT2D eigenvalue weighted by Gasteiger charge is -2.40. The number of hydrogen-bond donors (Lipinski definition) is 5. The monoisotopic (exact) mass is 175 g/mol. The highest BCUT2D eigenvalue weighted by Gasteiger charge is 2.55. The van der Waals surface area contributed by atoms with E-state index in [2.05, 4.69) is 5.32 Å². The molecule has 5 heteroatoms. The summed E-state index contributed by atoms with van der Waals surface area (Å²) in [6.45, 7) is 0. The lowest BCUT2D eigenvalue weighted by atomic mass is 9.94. The standard InChI is InChI=1S/C7H13NO4/c9-4-3-1-2-7(12,8-3)6(11)5(4)10/h3-6,8-12H,1-2H2/t3?,4-,5+,6-,7?/m0/s1. The summed E-state index contributed by atoms with van der Waals surface area (Å²) >= 11 is 0. The zero-order valence-corrected chi connectivity index (χ0v) is 6.51. The van der Waals surface area contributed by atoms with Crippen LogP contribution in [0.15, 0.2) is 0 Å². The Kier molecular flexibility index (Phi) is 1.68. The number of piperidine rings is 1. The summed E-state index contributed by atoms with van der Waals surface area (Å²) in [6.07, 6.45) is -2.59. The summed E-state index contributed by atoms with van der Waals surface area (Å²) in [5, 5.41) is 40.4. The van der Waals surface area contributed by atoms with E-state index in [1.165, 1.54) is 0 Å². The molecule has 2 saturated heterocycles. The van der Waals surface area contributed by atoms with Crippen LogP contribution < -0.4 is 5.32 Å². The van der Waals surface area contributed by atoms with Gasteiger partial charge in [0.15, 0.2) is 0 Å². The van der Waals surface area contributed by atoms with Crippen molar-refractivity contribution in [2.75, 3.05) is 0 Å². The number of nitrogens with one attached hydrogen (secondary N) is 1. The van der Waals surface area contributed by atoms with Gasteiger partial charge in [-0.15, -0.1) is 0 Å². The molecular weight excluding hydrogens is 162 g/mol. The summed E-state index contributed by atoms with van der Waals surface area (Å²) in [4.78, 5) is 0. The van der Waals surface area contributed by atoms with E-state index < -0.39 is 24.0 Å². The third kappa shape index (κ3) is 0.915. The number of aliphatic hydroxyl groups excluding tert-OH is 3. The van der Waals surface area contributed by atoms with Crippen molar-refractivity contribution in [2.45, 2.75) is 42.9 Å². The zero-order valence-electron chi connectivity index (χ0n) is 6.51. The van der Waals surface area contributed by atoms with Crippen LogP contribution >= 0.6 is 0 Å². The van der Waals surface area contributed by atoms with Crippen LogP contribution in [0.2, 0.25) is 0 Å². The van der Waals surface area contributed by atoms with Gasteiger partial charge in [-0.1, -0.05) is 0 Å². The summed E-state index contributed by atoms with van der Waals surface area (Å²) in [7, 11) is 0. The molecule has 2 fully saturated rings. The molecule has 5 N–H and O–H groups in total. The minimum atomic E-state index is -1.40. The minimum absolute atomic E-state index is 0.298. The predicted octanol–water partition coefficient (Wildman–Crippen LogP) is -2.48. The van der Waals surface area contributed by atoms with E-state index in [0.717, 1.165) is 0 Å². The molecule has 2 rings (SSSR count). The maximum atomic E-state index is 9.65. The van der Waals surface area contributed by atoms with E-state index >= 15 is 0 Å². The van der Waals surface area contributed by atoms with Gasteiger partial charge in [-0.25, -0.2) is 0 Å². The molecule has 2 unspecified atom stereocenters. The first kappa shape index (κ1) is 8.40. The van der Waals surface area contributed by atoms with Crippen LogP contribution in [0.25, 0.3) is 0 Å². The van der Waals surface area contributed by atoms with Crippen molar-refractivity contribution < 1.29 is 20.4 Å². The van der Waals surface area contributed by atoms with Crippen molar-refractivity contribution >= 4 is 0 Å². The molecule has 5 atom stereocenters. The second-order valence-electron chi connectivity index (χ2n) is 3.64. The Morgan fingerprint density at radius 3 is 2.50 bits per heavy atom. The van der Waals surface area contributed by atoms with Crippen LogP contribution in [0.1, 0.15) is 12.8 Å². The van der Waals surface area contributed by atoms with Gasteiger partial charge < -0.3 is 20.4 Å². The molecule has 0 aromatic rings. The Balaban J connectivity index is 2.25. The summed E-state index contributed by atoms with van der Waals surface area (Å²) in [6, 6.07) is -0.298. The minimum Gasteiger partial charge on any atom is -0.389 e. The Hall–Kier alpha value is -0.200. The molecule has 0 saturated carbocycles. The van der Waals surface area contributed by atoms with Gasteiger partial charge in [0.1, 0.15) is 17.9 Å². The van der Waals surface area contributed by atoms with Crippen LogP contribution in [0.3, 0.4) is 0 Å². The van der Waals surface area contributed by atoms with Crippen LogP contribution in [0.5, 0.6) is 0 Å². The zero-order chi connectivity index (χ0) is 8.93. The molecule has 0 radical (unpaired) electrons. The third-order valence-electron chi connectivity index (χ3n) is 2.85. The molecule has 0 amide bonds. The molecular formula is C7H13NO4. The molecule has 5 nitrogen and oxygen atoms in total. The fraction of sp³-hybridized carbons (Fsp3) is 1.00. The highest BCUT2D eigenvalue weighted by molar-refractivity contribution is 5.07. The first-order valence-electron chi connectivity index (χ1n) is 4.09. The number of hydrogen-bond acceptors (Lipinski definition) is 5. The molecule has 0 aliphatic carbocycles. The highest BCUT2D eigenvalue weighted by atomic mass is 16.4. The van der Waals surface area contributed by atoms with Gasteiger partial charge in [0, 0.05) is 6.04 Å². The van der Waals surface area contributed by atoms with Crippen molar-refractivity contribution in [1.82, 2.24) is 5.32 Å². The number of fused-ring (bicyclic) bond motifs is 2. The lowest BCUT2D eigenvalue weighted by molar-refractivity contribution is -0.186. The van der Waals surface area contributed by atoms with E-state index in [4.69, 9.17) is 0 Å². The van der Waals surface area contributed by atoms with Crippen molar-refractivity contribution in [2.24, 2.45) is 0 Å². The smallest absolute Gasteiger partial charge is 0.145 e. The Morgan fingerprint density at radius 2 is 1.83 bits per heavy atom. The van der Waals surface area contributed by atoms with E-state index in [9.17, 15) is 20.4 Å². The van der Waals surface area contributed by atoms with Gasteiger partial charge >= 0.3 is 0 Å². The highest BCUT2D eigenvalue weighted by Crippen LogP contribution is 2.34. The average molecular weight is 175 g/mol. The van der Waals surface area contributed by atoms with Gasteiger partial charge in [0.25, 0.3) is 0 Å². The fourth-order valence-electron chi connectivity index (χ4n) is 2.04. The van der Waals surface area contributed by atoms with Crippen LogP contribution in [0, 0.1) is 0 Å². The molecule has 2 heterocycles. The van der Waals surface area contributed by atoms with Gasteiger partial charge in [0.2, 0.25) is 0 Å². The molecule has 70 valence electrons. The van der Waals surface area contributed by atoms with Gasteiger partial charge in [0.05, 0.1) is 6.10 Å². The normalized spacial score (nSPS) is 59.0. The molecule has 2 aliphatic rings. The maximum absolute atomic E-state index is 9.65. The van der Waals surface area contributed by atoms with E-state index in [-0.39, 0.29) is 6.04 Å². The second-order valence-corrected chi connectivity index (χ2v) is 3.64. The number of rotatable bonds is 0. The Morgan fingerprint density at radius 1 is 1.17 bits per heavy atom. The van der Waals surface area contributed by atoms with Crippen molar-refractivity contribution in [1.29, 1.82) is 0 Å². The number of aliphatic hydroxyl groups is 4. The fourth-order valence-corrected chi connectivity index (χ4v) is 2.04. The quantitative estimate of drug-likeness (QED) is 0.281. The van der Waals surface area contributed by atoms with Crippen LogP contribution in [-0.4, -0.2) is 50.5 Å². The van der Waals surface area contributed by atoms with Gasteiger partial charge in [-0.3, -0.25) is 5.32 Å². The largest absolute Gasteiger partial charge is 0.389 e. The molecule has 12 heavy (non-hydrogen) atoms. The van der Waals surface area contributed by atoms with Crippen molar-refractivity contribution in [3.05, 3.63) is 0 Å². The first-order valence-corrected chi connectivity index (χ1v) is 4.09. The first-order chi connectivity index (χ1) is 5.54. The Labute approximate surface area is 69.6 Å². The topological polar surface area (TPSA) is 93.0 Å². The van der Waals surface area contributed by atoms with Gasteiger partial charge in [-0.05, 0) is 12.8 Å². The van der Waals surface area contributed by atoms with Crippen LogP contribution in [0.4, 0.5) is 0 Å². The summed E-state index contributed by atoms with van der Waals surface area (Å²) < 4.78 is 0. The average Bonchev–Trinajstić information content (AvgIpc) is 2.41. The SMILES string of the molecule is O[C@@H]1[C@@H](O)C2CCC(O)(N2)[C@H]1O. The maximum Gasteiger partial charge on any atom is 0.145 e. The van der Waals surface area contributed by atoms with Crippen molar-refractivity contribution in [3.63, 3.8) is 0 Å². The lowest BCUT2D eigenvalue weighted by Crippen LogP contribution is -2.67. The van der Waals surface area contributed by atoms with E-state index in [0.29, 0.717) is 12.8 Å². The van der Waals surface area contributed by atoms with Gasteiger partial charge in [-0.2, -0.15) is 0 Å². The molecule has 0 spiro atoms. The molecule has 2 aliphatic heterocycles. The summed E-state index contributed by atoms with van der Waals surface area (Å²) in [5.41, 5.74) is -1.40. The summed E-state index contributed by atoms with van der Waals surface area (Å²) in [5.74, 6) is 0. The van der Waals surface area contributed by atoms with Crippen molar-refractivity contribution in [3.8, 4) is 0 Å². The predicted molar refractivity (Wildman–Crippen MR) is 39.1 cm³/mol. The van der Waals surface area contributed by atoms with Crippen LogP contribution in [-0.2, 0) is 0 Å². The second kappa shape index (κ2) is 2.40. The Bertz CT molecular complexity index is 200. The molecule has 0 aromatic heterocycles. The third-order valence-corrected chi connectivity index (χ3v) is 2.85. The van der Waals surface area contributed by atoms with E-state index in [1.54, 1.807) is 0 Å². The van der Waals surface area contributed by atoms with E-state index in [1.807, 2.05) is 0 Å². The molecule has 2 bridgehead atoms.